The smallest absolute Gasteiger partial charge is 0.261 e. The summed E-state index contributed by atoms with van der Waals surface area (Å²) in [5.74, 6) is -0.618. The molecule has 0 spiro atoms. The van der Waals surface area contributed by atoms with Crippen LogP contribution in [0.5, 0.6) is 5.75 Å². The molecule has 0 saturated carbocycles. The van der Waals surface area contributed by atoms with E-state index < -0.39 is 6.04 Å². The van der Waals surface area contributed by atoms with E-state index in [4.69, 9.17) is 16.3 Å². The molecule has 0 aliphatic rings. The van der Waals surface area contributed by atoms with Crippen molar-refractivity contribution in [2.24, 2.45) is 0 Å². The van der Waals surface area contributed by atoms with Crippen molar-refractivity contribution in [2.45, 2.75) is 39.4 Å². The molecule has 0 aliphatic heterocycles. The van der Waals surface area contributed by atoms with E-state index in [2.05, 4.69) is 5.32 Å². The second-order valence-corrected chi connectivity index (χ2v) is 7.17. The van der Waals surface area contributed by atoms with E-state index in [1.807, 2.05) is 13.8 Å². The van der Waals surface area contributed by atoms with Crippen LogP contribution in [0.3, 0.4) is 0 Å². The Balaban J connectivity index is 2.12. The third-order valence-electron chi connectivity index (χ3n) is 4.04. The van der Waals surface area contributed by atoms with Crippen molar-refractivity contribution in [3.05, 3.63) is 64.9 Å². The standard InChI is InChI=1S/C21H24ClFN2O3/c1-14(2)24-21(27)15(3)25(12-16-4-6-17(22)7-5-16)20(26)13-28-19-10-8-18(23)9-11-19/h4-11,14-15H,12-13H2,1-3H3,(H,24,27). The lowest BCUT2D eigenvalue weighted by atomic mass is 10.1. The van der Waals surface area contributed by atoms with Gasteiger partial charge in [0, 0.05) is 17.6 Å². The third kappa shape index (κ3) is 6.53. The molecule has 1 unspecified atom stereocenters. The van der Waals surface area contributed by atoms with Crippen molar-refractivity contribution < 1.29 is 18.7 Å². The van der Waals surface area contributed by atoms with Crippen molar-refractivity contribution in [1.82, 2.24) is 10.2 Å². The second kappa shape index (κ2) is 10.1. The number of carbonyl (C=O) groups excluding carboxylic acids is 2. The van der Waals surface area contributed by atoms with Crippen molar-refractivity contribution in [2.75, 3.05) is 6.61 Å². The minimum absolute atomic E-state index is 0.0436. The number of ether oxygens (including phenoxy) is 1. The lowest BCUT2D eigenvalue weighted by Crippen LogP contribution is -2.50. The minimum Gasteiger partial charge on any atom is -0.484 e. The molecule has 5 nitrogen and oxygen atoms in total. The zero-order valence-electron chi connectivity index (χ0n) is 16.1. The molecule has 0 aromatic heterocycles. The predicted octanol–water partition coefficient (Wildman–Crippen LogP) is 3.80. The topological polar surface area (TPSA) is 58.6 Å². The zero-order valence-corrected chi connectivity index (χ0v) is 16.9. The van der Waals surface area contributed by atoms with Gasteiger partial charge in [-0.25, -0.2) is 4.39 Å². The van der Waals surface area contributed by atoms with E-state index in [1.165, 1.54) is 29.2 Å². The predicted molar refractivity (Wildman–Crippen MR) is 107 cm³/mol. The van der Waals surface area contributed by atoms with Gasteiger partial charge in [0.25, 0.3) is 5.91 Å². The molecular formula is C21H24ClFN2O3. The highest BCUT2D eigenvalue weighted by Gasteiger charge is 2.26. The van der Waals surface area contributed by atoms with Gasteiger partial charge in [0.2, 0.25) is 5.91 Å². The van der Waals surface area contributed by atoms with Crippen molar-refractivity contribution in [1.29, 1.82) is 0 Å². The molecule has 1 atom stereocenters. The fraction of sp³-hybridized carbons (Fsp3) is 0.333. The van der Waals surface area contributed by atoms with Crippen LogP contribution in [0.25, 0.3) is 0 Å². The van der Waals surface area contributed by atoms with Crippen molar-refractivity contribution in [3.63, 3.8) is 0 Å². The van der Waals surface area contributed by atoms with E-state index in [1.54, 1.807) is 31.2 Å². The van der Waals surface area contributed by atoms with Gasteiger partial charge in [-0.3, -0.25) is 9.59 Å². The molecular weight excluding hydrogens is 383 g/mol. The van der Waals surface area contributed by atoms with Gasteiger partial charge in [-0.15, -0.1) is 0 Å². The van der Waals surface area contributed by atoms with E-state index in [-0.39, 0.29) is 36.8 Å². The third-order valence-corrected chi connectivity index (χ3v) is 4.29. The van der Waals surface area contributed by atoms with Crippen LogP contribution in [-0.4, -0.2) is 35.4 Å². The van der Waals surface area contributed by atoms with E-state index >= 15 is 0 Å². The molecule has 2 aromatic carbocycles. The minimum atomic E-state index is -0.692. The average molecular weight is 407 g/mol. The molecule has 0 aliphatic carbocycles. The summed E-state index contributed by atoms with van der Waals surface area (Å²) in [6, 6.07) is 11.7. The molecule has 0 radical (unpaired) electrons. The normalized spacial score (nSPS) is 11.8. The molecule has 1 N–H and O–H groups in total. The van der Waals surface area contributed by atoms with E-state index in [0.29, 0.717) is 10.8 Å². The first-order chi connectivity index (χ1) is 13.3. The first-order valence-corrected chi connectivity index (χ1v) is 9.36. The Labute approximate surface area is 169 Å². The van der Waals surface area contributed by atoms with E-state index in [0.717, 1.165) is 5.56 Å². The lowest BCUT2D eigenvalue weighted by Gasteiger charge is -2.29. The van der Waals surface area contributed by atoms with Crippen LogP contribution < -0.4 is 10.1 Å². The Morgan fingerprint density at radius 1 is 1.07 bits per heavy atom. The number of rotatable bonds is 8. The highest BCUT2D eigenvalue weighted by atomic mass is 35.5. The number of hydrogen-bond donors (Lipinski definition) is 1. The van der Waals surface area contributed by atoms with Crippen LogP contribution in [0, 0.1) is 5.82 Å². The molecule has 28 heavy (non-hydrogen) atoms. The van der Waals surface area contributed by atoms with Crippen LogP contribution in [-0.2, 0) is 16.1 Å². The Kier molecular flexibility index (Phi) is 7.81. The number of benzene rings is 2. The molecule has 2 amide bonds. The quantitative estimate of drug-likeness (QED) is 0.725. The monoisotopic (exact) mass is 406 g/mol. The molecule has 0 saturated heterocycles. The van der Waals surface area contributed by atoms with Crippen LogP contribution in [0.2, 0.25) is 5.02 Å². The first-order valence-electron chi connectivity index (χ1n) is 8.99. The molecule has 0 fully saturated rings. The van der Waals surface area contributed by atoms with Gasteiger partial charge < -0.3 is 15.0 Å². The number of nitrogens with zero attached hydrogens (tertiary/aromatic N) is 1. The molecule has 0 heterocycles. The second-order valence-electron chi connectivity index (χ2n) is 6.73. The maximum absolute atomic E-state index is 13.0. The van der Waals surface area contributed by atoms with Gasteiger partial charge >= 0.3 is 0 Å². The van der Waals surface area contributed by atoms with Crippen molar-refractivity contribution in [3.8, 4) is 5.75 Å². The summed E-state index contributed by atoms with van der Waals surface area (Å²) < 4.78 is 18.5. The summed E-state index contributed by atoms with van der Waals surface area (Å²) in [6.07, 6.45) is 0. The lowest BCUT2D eigenvalue weighted by molar-refractivity contribution is -0.142. The van der Waals surface area contributed by atoms with Gasteiger partial charge in [-0.2, -0.15) is 0 Å². The van der Waals surface area contributed by atoms with Crippen LogP contribution in [0.1, 0.15) is 26.3 Å². The summed E-state index contributed by atoms with van der Waals surface area (Å²) in [5, 5.41) is 3.41. The molecule has 2 rings (SSSR count). The van der Waals surface area contributed by atoms with Gasteiger partial charge in [0.1, 0.15) is 17.6 Å². The number of hydrogen-bond acceptors (Lipinski definition) is 3. The Morgan fingerprint density at radius 2 is 1.68 bits per heavy atom. The number of amides is 2. The van der Waals surface area contributed by atoms with Crippen LogP contribution in [0.4, 0.5) is 4.39 Å². The highest BCUT2D eigenvalue weighted by molar-refractivity contribution is 6.30. The van der Waals surface area contributed by atoms with Gasteiger partial charge in [0.15, 0.2) is 6.61 Å². The fourth-order valence-corrected chi connectivity index (χ4v) is 2.66. The van der Waals surface area contributed by atoms with Gasteiger partial charge in [-0.05, 0) is 62.7 Å². The molecule has 2 aromatic rings. The fourth-order valence-electron chi connectivity index (χ4n) is 2.53. The highest BCUT2D eigenvalue weighted by Crippen LogP contribution is 2.15. The van der Waals surface area contributed by atoms with Crippen molar-refractivity contribution >= 4 is 23.4 Å². The Bertz CT molecular complexity index is 794. The SMILES string of the molecule is CC(C)NC(=O)C(C)N(Cc1ccc(Cl)cc1)C(=O)COc1ccc(F)cc1. The maximum Gasteiger partial charge on any atom is 0.261 e. The Hall–Kier alpha value is -2.60. The molecule has 0 bridgehead atoms. The summed E-state index contributed by atoms with van der Waals surface area (Å²) >= 11 is 5.92. The number of halogens is 2. The summed E-state index contributed by atoms with van der Waals surface area (Å²) in [5.41, 5.74) is 0.837. The maximum atomic E-state index is 13.0. The average Bonchev–Trinajstić information content (AvgIpc) is 2.65. The summed E-state index contributed by atoms with van der Waals surface area (Å²) in [6.45, 7) is 5.35. The summed E-state index contributed by atoms with van der Waals surface area (Å²) in [4.78, 5) is 26.7. The van der Waals surface area contributed by atoms with Gasteiger partial charge in [0.05, 0.1) is 0 Å². The van der Waals surface area contributed by atoms with Crippen LogP contribution >= 0.6 is 11.6 Å². The first kappa shape index (κ1) is 21.7. The van der Waals surface area contributed by atoms with Crippen LogP contribution in [0.15, 0.2) is 48.5 Å². The number of nitrogens with one attached hydrogen (secondary N) is 1. The Morgan fingerprint density at radius 3 is 2.25 bits per heavy atom. The molecule has 150 valence electrons. The van der Waals surface area contributed by atoms with Gasteiger partial charge in [-0.1, -0.05) is 23.7 Å². The largest absolute Gasteiger partial charge is 0.484 e. The van der Waals surface area contributed by atoms with E-state index in [9.17, 15) is 14.0 Å². The molecule has 7 heteroatoms. The summed E-state index contributed by atoms with van der Waals surface area (Å²) in [7, 11) is 0. The zero-order chi connectivity index (χ0) is 20.7. The number of carbonyl (C=O) groups is 2.